The predicted octanol–water partition coefficient (Wildman–Crippen LogP) is 3.26. The number of aromatic nitrogens is 8. The summed E-state index contributed by atoms with van der Waals surface area (Å²) >= 11 is 25.6. The van der Waals surface area contributed by atoms with Crippen molar-refractivity contribution >= 4 is 213 Å². The summed E-state index contributed by atoms with van der Waals surface area (Å²) in [5.74, 6) is -0.00768. The number of nitrogens with zero attached hydrogens (tertiary/aromatic N) is 8. The van der Waals surface area contributed by atoms with Crippen molar-refractivity contribution in [1.29, 1.82) is 10.8 Å². The number of aliphatic hydroxyl groups is 1. The number of carboxylic acids is 2. The van der Waals surface area contributed by atoms with Gasteiger partial charge in [0.05, 0.1) is 52.9 Å². The maximum Gasteiger partial charge on any atom is 1.00 e. The molecule has 0 aliphatic carbocycles. The minimum atomic E-state index is -4.67. The Hall–Kier alpha value is -2.21. The third-order valence-corrected chi connectivity index (χ3v) is 11.5. The molecule has 28 nitrogen and oxygen atoms in total. The fourth-order valence-electron chi connectivity index (χ4n) is 2.73. The number of carbonyl (C=O) groups is 4. The first-order chi connectivity index (χ1) is 34.0. The third-order valence-electron chi connectivity index (χ3n) is 5.49. The van der Waals surface area contributed by atoms with Gasteiger partial charge in [0.25, 0.3) is 15.4 Å². The second-order valence-electron chi connectivity index (χ2n) is 11.7. The van der Waals surface area contributed by atoms with E-state index in [1.54, 1.807) is 52.6 Å². The van der Waals surface area contributed by atoms with Gasteiger partial charge in [-0.05, 0) is 147 Å². The molecule has 0 bridgehead atoms. The molecule has 4 rings (SSSR count). The Kier molecular flexibility index (Phi) is 54.6. The molecule has 0 amide bonds. The average Bonchev–Trinajstić information content (AvgIpc) is 3.28. The molecule has 4 aromatic rings. The number of allylic oxidation sites excluding steroid dienone is 1. The van der Waals surface area contributed by atoms with Crippen molar-refractivity contribution in [1.82, 2.24) is 39.9 Å². The summed E-state index contributed by atoms with van der Waals surface area (Å²) in [6, 6.07) is 0. The van der Waals surface area contributed by atoms with Gasteiger partial charge < -0.3 is 28.2 Å². The van der Waals surface area contributed by atoms with Gasteiger partial charge in [-0.15, -0.1) is 0 Å². The topological polar surface area (TPSA) is 484 Å². The van der Waals surface area contributed by atoms with E-state index < -0.39 is 46.7 Å². The average molecular weight is 1610 g/mol. The molecule has 3 radical (unpaired) electrons. The first-order valence-electron chi connectivity index (χ1n) is 17.9. The number of hydrogen-bond donors (Lipinski definition) is 9. The van der Waals surface area contributed by atoms with Crippen LogP contribution in [-0.2, 0) is 56.6 Å². The van der Waals surface area contributed by atoms with Crippen LogP contribution in [0.15, 0.2) is 51.6 Å². The molecule has 0 unspecified atom stereocenters. The molecule has 77 heavy (non-hydrogen) atoms. The normalized spacial score (nSPS) is 10.1. The molecule has 43 heteroatoms. The summed E-state index contributed by atoms with van der Waals surface area (Å²) in [4.78, 5) is 72.0. The van der Waals surface area contributed by atoms with Crippen LogP contribution in [0.5, 0.6) is 0 Å². The second kappa shape index (κ2) is 47.4. The molecule has 4 aromatic heterocycles. The first kappa shape index (κ1) is 88.6. The van der Waals surface area contributed by atoms with Crippen LogP contribution in [0, 0.1) is 38.5 Å². The van der Waals surface area contributed by atoms with Gasteiger partial charge in [0.15, 0.2) is 22.3 Å². The van der Waals surface area contributed by atoms with Crippen LogP contribution in [0.25, 0.3) is 0 Å². The number of thioether (sulfide) groups is 2. The minimum absolute atomic E-state index is 0. The van der Waals surface area contributed by atoms with Gasteiger partial charge in [-0.1, -0.05) is 23.5 Å². The van der Waals surface area contributed by atoms with Crippen LogP contribution in [-0.4, -0.2) is 157 Å². The Morgan fingerprint density at radius 3 is 1.22 bits per heavy atom. The third kappa shape index (κ3) is 59.7. The number of aliphatic hydroxyl groups excluding tert-OH is 1. The fourth-order valence-corrected chi connectivity index (χ4v) is 4.93. The standard InChI is InChI=1S/C7H9BrN2O3S.C6H4BrClN2O.C6H5BrN2O2.C6H7BrN2O.C4H2Br2O3.2C2H6N2S.CH3ClO2S.B.Li.H2O4S.H/c1-5-9-3-6(8)7(10-5)4-13-14(2,11)12;1-3-9-2-4(7)5(10-3)6(8)11;1-3-8-2-4(7)5(9-3)6(10)11;1-4-8-2-5(7)6(3-10)9-4;5-2(1-7)3(6)4(8)9;2*1-5-2(3)4;1-5(2,3)4;;;1-5(2,3)4;/h3H,4H2,1-2H3;2H,1H3;2H,1H3,(H,10,11);2,10H,3H2,1H3;1H,(H,8,9);2*1H3,(H3,3,4);1H3;;;(H2,1,2,3,4);/q;;;;;;;;;+1;;-1/b;;;;3-2-;;;;;;;. The first-order valence-corrected chi connectivity index (χ1v) is 31.4. The molecule has 427 valence electrons. The van der Waals surface area contributed by atoms with Crippen molar-refractivity contribution in [3.8, 4) is 0 Å². The SMILES string of the molecule is CS(=O)(=O)Cl.CSC(=N)N.CSC(=N)N.Cc1ncc(Br)c(C(=O)Cl)n1.Cc1ncc(Br)c(C(=O)O)n1.Cc1ncc(Br)c(CO)n1.Cc1ncc(Br)c(COS(C)(=O)=O)n1.O=C/C(Br)=C(/Br)C(=O)O.O=S(=O)(O)O.[B].[H-].[Li+]. The number of carbonyl (C=O) groups excluding carboxylic acids is 2. The van der Waals surface area contributed by atoms with Crippen LogP contribution < -0.4 is 30.3 Å². The molecule has 0 aliphatic heterocycles. The summed E-state index contributed by atoms with van der Waals surface area (Å²) in [5, 5.41) is 38.2. The number of aliphatic carboxylic acids is 1. The number of hydrogen-bond acceptors (Lipinski definition) is 24. The van der Waals surface area contributed by atoms with Gasteiger partial charge in [0, 0.05) is 43.9 Å². The number of aryl methyl sites for hydroxylation is 4. The number of amidine groups is 2. The maximum atomic E-state index is 10.7. The number of nitrogens with two attached hydrogens (primary N) is 2. The van der Waals surface area contributed by atoms with E-state index in [2.05, 4.69) is 150 Å². The summed E-state index contributed by atoms with van der Waals surface area (Å²) in [6.45, 7) is 6.70. The Morgan fingerprint density at radius 1 is 0.714 bits per heavy atom. The van der Waals surface area contributed by atoms with Crippen molar-refractivity contribution in [2.24, 2.45) is 11.5 Å². The number of aldehydes is 1. The quantitative estimate of drug-likeness (QED) is 0.0179. The Labute approximate surface area is 526 Å². The summed E-state index contributed by atoms with van der Waals surface area (Å²) in [6.07, 6.45) is 12.0. The van der Waals surface area contributed by atoms with Gasteiger partial charge in [-0.25, -0.2) is 57.9 Å². The van der Waals surface area contributed by atoms with E-state index in [1.165, 1.54) is 35.9 Å². The zero-order valence-corrected chi connectivity index (χ0v) is 56.0. The van der Waals surface area contributed by atoms with Crippen molar-refractivity contribution in [3.05, 3.63) is 97.7 Å². The van der Waals surface area contributed by atoms with Gasteiger partial charge >= 0.3 is 41.2 Å². The van der Waals surface area contributed by atoms with Gasteiger partial charge in [-0.3, -0.25) is 33.7 Å². The van der Waals surface area contributed by atoms with E-state index in [-0.39, 0.29) is 72.6 Å². The predicted molar refractivity (Wildman–Crippen MR) is 312 cm³/mol. The molecule has 0 saturated carbocycles. The fraction of sp³-hybridized carbons (Fsp3) is 0.294. The van der Waals surface area contributed by atoms with Crippen LogP contribution in [0.1, 0.15) is 57.1 Å². The second-order valence-corrected chi connectivity index (χ2v) is 24.4. The molecule has 0 fully saturated rings. The zero-order chi connectivity index (χ0) is 60.2. The number of halogens is 8. The van der Waals surface area contributed by atoms with E-state index >= 15 is 0 Å². The molecule has 4 heterocycles. The number of nitrogens with one attached hydrogen (secondary N) is 2. The van der Waals surface area contributed by atoms with Crippen molar-refractivity contribution in [3.63, 3.8) is 0 Å². The minimum Gasteiger partial charge on any atom is -1.00 e. The van der Waals surface area contributed by atoms with Crippen LogP contribution >= 0.6 is 141 Å². The smallest absolute Gasteiger partial charge is 1.00 e. The molecule has 11 N–H and O–H groups in total. The number of aromatic carboxylic acids is 1. The molecule has 0 aromatic carbocycles. The van der Waals surface area contributed by atoms with E-state index in [0.717, 1.165) is 17.0 Å². The van der Waals surface area contributed by atoms with E-state index in [0.29, 0.717) is 54.4 Å². The molecular formula is C34H45BBr6Cl2LiN12O16S5. The van der Waals surface area contributed by atoms with Crippen LogP contribution in [0.3, 0.4) is 0 Å². The van der Waals surface area contributed by atoms with Crippen molar-refractivity contribution in [2.45, 2.75) is 40.9 Å². The largest absolute Gasteiger partial charge is 1.00 e. The van der Waals surface area contributed by atoms with Gasteiger partial charge in [-0.2, -0.15) is 16.8 Å². The van der Waals surface area contributed by atoms with Gasteiger partial charge in [0.1, 0.15) is 40.1 Å². The zero-order valence-electron chi connectivity index (χ0n) is 41.9. The molecule has 0 atom stereocenters. The van der Waals surface area contributed by atoms with Crippen LogP contribution in [0.2, 0.25) is 0 Å². The Balaban J connectivity index is -0.000000120. The Bertz CT molecular complexity index is 2810. The number of carboxylic acid groups (broad SMARTS) is 2. The van der Waals surface area contributed by atoms with E-state index in [4.69, 9.17) is 66.7 Å². The van der Waals surface area contributed by atoms with E-state index in [1.807, 2.05) is 0 Å². The van der Waals surface area contributed by atoms with Crippen LogP contribution in [0.4, 0.5) is 0 Å². The summed E-state index contributed by atoms with van der Waals surface area (Å²) < 4.78 is 78.5. The molecule has 0 spiro atoms. The van der Waals surface area contributed by atoms with E-state index in [9.17, 15) is 36.0 Å². The van der Waals surface area contributed by atoms with Crippen molar-refractivity contribution < 1.29 is 93.3 Å². The summed E-state index contributed by atoms with van der Waals surface area (Å²) in [7, 11) is -6.79. The maximum absolute atomic E-state index is 10.7. The molecular weight excluding hydrogens is 1560 g/mol. The van der Waals surface area contributed by atoms with Gasteiger partial charge in [0.2, 0.25) is 9.05 Å². The number of rotatable bonds is 8. The molecule has 0 saturated heterocycles. The van der Waals surface area contributed by atoms with Crippen molar-refractivity contribution in [2.75, 3.05) is 25.0 Å². The summed E-state index contributed by atoms with van der Waals surface area (Å²) in [5.41, 5.74) is 11.0. The monoisotopic (exact) mass is 1600 g/mol. The molecule has 0 aliphatic rings. The Morgan fingerprint density at radius 2 is 1.00 bits per heavy atom.